The summed E-state index contributed by atoms with van der Waals surface area (Å²) in [7, 11) is 1.53. The summed E-state index contributed by atoms with van der Waals surface area (Å²) in [5, 5.41) is 12.6. The second kappa shape index (κ2) is 7.62. The van der Waals surface area contributed by atoms with Crippen molar-refractivity contribution in [1.29, 1.82) is 0 Å². The number of carbonyl (C=O) groups is 1. The van der Waals surface area contributed by atoms with Gasteiger partial charge in [0.15, 0.2) is 6.10 Å². The first-order chi connectivity index (χ1) is 15.0. The van der Waals surface area contributed by atoms with Gasteiger partial charge in [0.05, 0.1) is 30.3 Å². The second-order valence-electron chi connectivity index (χ2n) is 8.09. The Bertz CT molecular complexity index is 1180. The van der Waals surface area contributed by atoms with E-state index < -0.39 is 12.0 Å². The Morgan fingerprint density at radius 3 is 2.87 bits per heavy atom. The zero-order chi connectivity index (χ0) is 21.6. The maximum Gasteiger partial charge on any atom is 0.256 e. The molecule has 0 saturated heterocycles. The number of carbonyl (C=O) groups excluding carboxylic acids is 1. The van der Waals surface area contributed by atoms with E-state index in [1.54, 1.807) is 35.6 Å². The lowest BCUT2D eigenvalue weighted by atomic mass is 10.0. The predicted octanol–water partition coefficient (Wildman–Crippen LogP) is 2.54. The molecule has 1 amide bonds. The van der Waals surface area contributed by atoms with Crippen molar-refractivity contribution < 1.29 is 14.6 Å². The second-order valence-corrected chi connectivity index (χ2v) is 9.04. The van der Waals surface area contributed by atoms with Gasteiger partial charge >= 0.3 is 0 Å². The molecule has 1 aromatic carbocycles. The molecule has 31 heavy (non-hydrogen) atoms. The number of fused-ring (bicyclic) bond motifs is 1. The summed E-state index contributed by atoms with van der Waals surface area (Å²) < 4.78 is 5.17. The molecule has 1 aliphatic carbocycles. The molecule has 5 rings (SSSR count). The van der Waals surface area contributed by atoms with Crippen LogP contribution in [0.15, 0.2) is 46.6 Å². The van der Waals surface area contributed by atoms with E-state index in [-0.39, 0.29) is 17.5 Å². The van der Waals surface area contributed by atoms with Crippen LogP contribution < -0.4 is 10.3 Å². The summed E-state index contributed by atoms with van der Waals surface area (Å²) in [6.45, 7) is 0.554. The molecule has 1 saturated carbocycles. The van der Waals surface area contributed by atoms with Crippen LogP contribution in [-0.2, 0) is 23.2 Å². The van der Waals surface area contributed by atoms with E-state index >= 15 is 0 Å². The van der Waals surface area contributed by atoms with Crippen molar-refractivity contribution in [2.24, 2.45) is 0 Å². The molecule has 2 aliphatic rings. The van der Waals surface area contributed by atoms with Crippen LogP contribution in [0.5, 0.6) is 5.75 Å². The van der Waals surface area contributed by atoms with Crippen molar-refractivity contribution in [1.82, 2.24) is 14.9 Å². The van der Waals surface area contributed by atoms with Crippen molar-refractivity contribution in [3.8, 4) is 5.75 Å². The number of amides is 1. The van der Waals surface area contributed by atoms with Crippen LogP contribution in [0.3, 0.4) is 0 Å². The Hall–Kier alpha value is -2.97. The van der Waals surface area contributed by atoms with Crippen LogP contribution in [0.25, 0.3) is 0 Å². The average Bonchev–Trinajstić information content (AvgIpc) is 3.43. The lowest BCUT2D eigenvalue weighted by Gasteiger charge is -2.30. The largest absolute Gasteiger partial charge is 0.497 e. The molecule has 2 aromatic heterocycles. The number of ether oxygens (including phenoxy) is 1. The molecular weight excluding hydrogens is 414 g/mol. The molecule has 8 heteroatoms. The summed E-state index contributed by atoms with van der Waals surface area (Å²) >= 11 is 1.69. The number of aromatic nitrogens is 2. The molecule has 0 bridgehead atoms. The van der Waals surface area contributed by atoms with Gasteiger partial charge in [0.1, 0.15) is 11.6 Å². The van der Waals surface area contributed by atoms with E-state index in [4.69, 9.17) is 9.72 Å². The molecule has 1 aliphatic heterocycles. The van der Waals surface area contributed by atoms with Gasteiger partial charge in [0.25, 0.3) is 11.5 Å². The summed E-state index contributed by atoms with van der Waals surface area (Å²) in [6, 6.07) is 10.9. The molecule has 1 fully saturated rings. The maximum absolute atomic E-state index is 12.9. The Balaban J connectivity index is 1.38. The van der Waals surface area contributed by atoms with Crippen LogP contribution in [0, 0.1) is 0 Å². The third kappa shape index (κ3) is 3.45. The maximum atomic E-state index is 12.9. The minimum Gasteiger partial charge on any atom is -0.497 e. The van der Waals surface area contributed by atoms with E-state index in [9.17, 15) is 14.7 Å². The Morgan fingerprint density at radius 1 is 1.32 bits per heavy atom. The van der Waals surface area contributed by atoms with E-state index in [0.29, 0.717) is 29.8 Å². The standard InChI is InChI=1S/C23H23N3O4S/c1-30-15-5-2-4-14(12-15)19(27)21(29)26-10-7-17-16(13-26)20(28)25-22(24-17)23(8-9-23)18-6-3-11-31-18/h2-6,11-12,19,27H,7-10,13H2,1H3,(H,24,25,28). The van der Waals surface area contributed by atoms with Crippen LogP contribution >= 0.6 is 11.3 Å². The van der Waals surface area contributed by atoms with E-state index in [1.807, 2.05) is 11.4 Å². The summed E-state index contributed by atoms with van der Waals surface area (Å²) in [4.78, 5) is 36.4. The van der Waals surface area contributed by atoms with Crippen molar-refractivity contribution in [3.05, 3.63) is 79.7 Å². The number of nitrogens with zero attached hydrogens (tertiary/aromatic N) is 2. The van der Waals surface area contributed by atoms with Crippen molar-refractivity contribution >= 4 is 17.2 Å². The molecule has 1 atom stereocenters. The Morgan fingerprint density at radius 2 is 2.16 bits per heavy atom. The van der Waals surface area contributed by atoms with Gasteiger partial charge in [0.2, 0.25) is 0 Å². The van der Waals surface area contributed by atoms with Gasteiger partial charge in [0, 0.05) is 17.8 Å². The minimum atomic E-state index is -1.31. The summed E-state index contributed by atoms with van der Waals surface area (Å²) in [6.07, 6.45) is 1.14. The van der Waals surface area contributed by atoms with Gasteiger partial charge < -0.3 is 19.7 Å². The van der Waals surface area contributed by atoms with Gasteiger partial charge in [-0.25, -0.2) is 4.98 Å². The first-order valence-electron chi connectivity index (χ1n) is 10.3. The molecule has 3 heterocycles. The zero-order valence-corrected chi connectivity index (χ0v) is 17.9. The Labute approximate surface area is 183 Å². The first kappa shape index (κ1) is 20.0. The number of H-pyrrole nitrogens is 1. The average molecular weight is 438 g/mol. The SMILES string of the molecule is COc1cccc(C(O)C(=O)N2CCc3nc(C4(c5cccs5)CC4)[nH]c(=O)c3C2)c1. The normalized spacial score (nSPS) is 17.7. The number of benzene rings is 1. The number of nitrogens with one attached hydrogen (secondary N) is 1. The highest BCUT2D eigenvalue weighted by Gasteiger charge is 2.49. The molecular formula is C23H23N3O4S. The lowest BCUT2D eigenvalue weighted by Crippen LogP contribution is -2.42. The van der Waals surface area contributed by atoms with Crippen molar-refractivity contribution in [3.63, 3.8) is 0 Å². The third-order valence-electron chi connectivity index (χ3n) is 6.22. The number of methoxy groups -OCH3 is 1. The number of aliphatic hydroxyl groups excluding tert-OH is 1. The number of aliphatic hydroxyl groups is 1. The van der Waals surface area contributed by atoms with Crippen LogP contribution in [0.1, 0.15) is 46.5 Å². The van der Waals surface area contributed by atoms with Gasteiger partial charge in [-0.3, -0.25) is 9.59 Å². The lowest BCUT2D eigenvalue weighted by molar-refractivity contribution is -0.141. The molecule has 2 N–H and O–H groups in total. The fourth-order valence-electron chi connectivity index (χ4n) is 4.24. The van der Waals surface area contributed by atoms with Crippen LogP contribution in [0.4, 0.5) is 0 Å². The van der Waals surface area contributed by atoms with E-state index in [2.05, 4.69) is 11.1 Å². The molecule has 0 radical (unpaired) electrons. The first-order valence-corrected chi connectivity index (χ1v) is 11.2. The van der Waals surface area contributed by atoms with Crippen molar-refractivity contribution in [2.45, 2.75) is 37.3 Å². The molecule has 160 valence electrons. The van der Waals surface area contributed by atoms with Crippen molar-refractivity contribution in [2.75, 3.05) is 13.7 Å². The van der Waals surface area contributed by atoms with Crippen LogP contribution in [0.2, 0.25) is 0 Å². The zero-order valence-electron chi connectivity index (χ0n) is 17.1. The fourth-order valence-corrected chi connectivity index (χ4v) is 5.23. The van der Waals surface area contributed by atoms with Crippen LogP contribution in [-0.4, -0.2) is 39.5 Å². The molecule has 3 aromatic rings. The Kier molecular flexibility index (Phi) is 4.91. The highest BCUT2D eigenvalue weighted by atomic mass is 32.1. The van der Waals surface area contributed by atoms with Gasteiger partial charge in [-0.05, 0) is 42.0 Å². The highest BCUT2D eigenvalue weighted by molar-refractivity contribution is 7.10. The van der Waals surface area contributed by atoms with E-state index in [0.717, 1.165) is 24.4 Å². The molecule has 1 unspecified atom stereocenters. The quantitative estimate of drug-likeness (QED) is 0.640. The number of rotatable bonds is 5. The number of hydrogen-bond acceptors (Lipinski definition) is 6. The summed E-state index contributed by atoms with van der Waals surface area (Å²) in [5.74, 6) is 0.871. The topological polar surface area (TPSA) is 95.5 Å². The highest BCUT2D eigenvalue weighted by Crippen LogP contribution is 2.53. The van der Waals surface area contributed by atoms with Gasteiger partial charge in [-0.1, -0.05) is 18.2 Å². The third-order valence-corrected chi connectivity index (χ3v) is 7.29. The fraction of sp³-hybridized carbons (Fsp3) is 0.348. The number of aromatic amines is 1. The van der Waals surface area contributed by atoms with Gasteiger partial charge in [-0.2, -0.15) is 0 Å². The van der Waals surface area contributed by atoms with Gasteiger partial charge in [-0.15, -0.1) is 11.3 Å². The summed E-state index contributed by atoms with van der Waals surface area (Å²) in [5.41, 5.74) is 1.35. The number of hydrogen-bond donors (Lipinski definition) is 2. The predicted molar refractivity (Wildman–Crippen MR) is 116 cm³/mol. The number of thiophene rings is 1. The minimum absolute atomic E-state index is 0.143. The molecule has 7 nitrogen and oxygen atoms in total. The molecule has 0 spiro atoms. The van der Waals surface area contributed by atoms with E-state index in [1.165, 1.54) is 16.9 Å². The smallest absolute Gasteiger partial charge is 0.256 e. The monoisotopic (exact) mass is 437 g/mol.